The topological polar surface area (TPSA) is 38.8 Å². The maximum atomic E-state index is 12.6. The molecule has 1 amide bonds. The summed E-state index contributed by atoms with van der Waals surface area (Å²) in [6.45, 7) is 13.5. The van der Waals surface area contributed by atoms with E-state index in [0.29, 0.717) is 13.2 Å². The van der Waals surface area contributed by atoms with Crippen molar-refractivity contribution in [2.45, 2.75) is 77.5 Å². The van der Waals surface area contributed by atoms with Crippen molar-refractivity contribution >= 4 is 6.09 Å². The van der Waals surface area contributed by atoms with Crippen LogP contribution in [-0.2, 0) is 21.3 Å². The van der Waals surface area contributed by atoms with Crippen molar-refractivity contribution < 1.29 is 14.3 Å². The second-order valence-electron chi connectivity index (χ2n) is 9.80. The first-order chi connectivity index (χ1) is 12.5. The molecular formula is C23H33NO3. The van der Waals surface area contributed by atoms with Gasteiger partial charge in [0.25, 0.3) is 0 Å². The summed E-state index contributed by atoms with van der Waals surface area (Å²) in [5.41, 5.74) is 3.75. The molecule has 2 aliphatic rings. The Balaban J connectivity index is 1.73. The maximum absolute atomic E-state index is 12.6. The first-order valence-corrected chi connectivity index (χ1v) is 9.91. The van der Waals surface area contributed by atoms with Gasteiger partial charge < -0.3 is 9.47 Å². The number of ether oxygens (including phenoxy) is 2. The smallest absolute Gasteiger partial charge is 0.411 e. The molecular weight excluding hydrogens is 338 g/mol. The lowest BCUT2D eigenvalue weighted by molar-refractivity contribution is -0.0536. The third-order valence-corrected chi connectivity index (χ3v) is 5.13. The normalized spacial score (nSPS) is 23.0. The van der Waals surface area contributed by atoms with E-state index >= 15 is 0 Å². The average Bonchev–Trinajstić information content (AvgIpc) is 2.52. The van der Waals surface area contributed by atoms with E-state index in [1.54, 1.807) is 0 Å². The van der Waals surface area contributed by atoms with E-state index in [2.05, 4.69) is 51.1 Å². The van der Waals surface area contributed by atoms with Gasteiger partial charge in [0, 0.05) is 0 Å². The van der Waals surface area contributed by atoms with E-state index in [1.165, 1.54) is 16.7 Å². The molecule has 0 radical (unpaired) electrons. The van der Waals surface area contributed by atoms with Crippen LogP contribution in [0.3, 0.4) is 0 Å². The molecule has 2 bridgehead atoms. The molecule has 0 aliphatic carbocycles. The Bertz CT molecular complexity index is 707. The molecule has 27 heavy (non-hydrogen) atoms. The first kappa shape index (κ1) is 19.9. The van der Waals surface area contributed by atoms with Crippen LogP contribution >= 0.6 is 0 Å². The van der Waals surface area contributed by atoms with Crippen LogP contribution in [0.4, 0.5) is 4.79 Å². The lowest BCUT2D eigenvalue weighted by Gasteiger charge is -2.44. The SMILES string of the molecule is CC(C)(C)OC(=O)N1C2C=C(Cc3ccc(C(C)(C)C)cc3)CC1COC2. The molecule has 4 nitrogen and oxygen atoms in total. The summed E-state index contributed by atoms with van der Waals surface area (Å²) in [6.07, 6.45) is 3.75. The molecule has 1 aromatic carbocycles. The van der Waals surface area contributed by atoms with Crippen LogP contribution in [0.1, 0.15) is 59.1 Å². The Hall–Kier alpha value is -1.81. The minimum Gasteiger partial charge on any atom is -0.444 e. The summed E-state index contributed by atoms with van der Waals surface area (Å²) in [4.78, 5) is 14.5. The van der Waals surface area contributed by atoms with Gasteiger partial charge in [-0.25, -0.2) is 4.79 Å². The molecule has 2 aliphatic heterocycles. The van der Waals surface area contributed by atoms with Gasteiger partial charge in [0.1, 0.15) is 5.60 Å². The zero-order valence-corrected chi connectivity index (χ0v) is 17.5. The van der Waals surface area contributed by atoms with Crippen molar-refractivity contribution in [1.82, 2.24) is 4.90 Å². The number of benzene rings is 1. The van der Waals surface area contributed by atoms with Gasteiger partial charge in [-0.2, -0.15) is 0 Å². The number of fused-ring (bicyclic) bond motifs is 2. The summed E-state index contributed by atoms with van der Waals surface area (Å²) >= 11 is 0. The second-order valence-corrected chi connectivity index (χ2v) is 9.80. The van der Waals surface area contributed by atoms with Crippen molar-refractivity contribution in [3.63, 3.8) is 0 Å². The Labute approximate surface area is 163 Å². The quantitative estimate of drug-likeness (QED) is 0.697. The number of carbonyl (C=O) groups is 1. The van der Waals surface area contributed by atoms with Gasteiger partial charge in [0.15, 0.2) is 0 Å². The van der Waals surface area contributed by atoms with Crippen LogP contribution in [0, 0.1) is 0 Å². The lowest BCUT2D eigenvalue weighted by Crippen LogP contribution is -2.57. The molecule has 2 atom stereocenters. The van der Waals surface area contributed by atoms with Gasteiger partial charge in [-0.3, -0.25) is 4.90 Å². The molecule has 0 saturated carbocycles. The Morgan fingerprint density at radius 2 is 1.78 bits per heavy atom. The molecule has 2 unspecified atom stereocenters. The van der Waals surface area contributed by atoms with E-state index < -0.39 is 5.60 Å². The molecule has 2 heterocycles. The van der Waals surface area contributed by atoms with Crippen LogP contribution < -0.4 is 0 Å². The fraction of sp³-hybridized carbons (Fsp3) is 0.609. The number of hydrogen-bond donors (Lipinski definition) is 0. The summed E-state index contributed by atoms with van der Waals surface area (Å²) < 4.78 is 11.3. The summed E-state index contributed by atoms with van der Waals surface area (Å²) in [6, 6.07) is 8.95. The van der Waals surface area contributed by atoms with Crippen molar-refractivity contribution in [2.24, 2.45) is 0 Å². The van der Waals surface area contributed by atoms with E-state index in [1.807, 2.05) is 25.7 Å². The van der Waals surface area contributed by atoms with Crippen LogP contribution in [0.25, 0.3) is 0 Å². The number of morpholine rings is 1. The van der Waals surface area contributed by atoms with Crippen LogP contribution in [-0.4, -0.2) is 41.9 Å². The largest absolute Gasteiger partial charge is 0.444 e. The third-order valence-electron chi connectivity index (χ3n) is 5.13. The number of rotatable bonds is 2. The molecule has 4 heteroatoms. The fourth-order valence-corrected chi connectivity index (χ4v) is 3.80. The molecule has 0 N–H and O–H groups in total. The van der Waals surface area contributed by atoms with Crippen molar-refractivity contribution in [3.05, 3.63) is 47.0 Å². The highest BCUT2D eigenvalue weighted by atomic mass is 16.6. The highest BCUT2D eigenvalue weighted by Gasteiger charge is 2.39. The molecule has 0 spiro atoms. The van der Waals surface area contributed by atoms with Crippen molar-refractivity contribution in [1.29, 1.82) is 0 Å². The maximum Gasteiger partial charge on any atom is 0.411 e. The Kier molecular flexibility index (Phi) is 5.40. The lowest BCUT2D eigenvalue weighted by atomic mass is 9.85. The van der Waals surface area contributed by atoms with Gasteiger partial charge in [-0.05, 0) is 50.2 Å². The fourth-order valence-electron chi connectivity index (χ4n) is 3.80. The zero-order valence-electron chi connectivity index (χ0n) is 17.5. The first-order valence-electron chi connectivity index (χ1n) is 9.91. The minimum absolute atomic E-state index is 0.0313. The van der Waals surface area contributed by atoms with Crippen LogP contribution in [0.2, 0.25) is 0 Å². The van der Waals surface area contributed by atoms with Gasteiger partial charge in [-0.15, -0.1) is 0 Å². The van der Waals surface area contributed by atoms with Gasteiger partial charge in [0.05, 0.1) is 25.3 Å². The number of carbonyl (C=O) groups excluding carboxylic acids is 1. The van der Waals surface area contributed by atoms with E-state index in [-0.39, 0.29) is 23.6 Å². The molecule has 1 saturated heterocycles. The van der Waals surface area contributed by atoms with E-state index in [9.17, 15) is 4.79 Å². The minimum atomic E-state index is -0.481. The third kappa shape index (κ3) is 4.92. The zero-order chi connectivity index (χ0) is 19.8. The van der Waals surface area contributed by atoms with Crippen molar-refractivity contribution in [2.75, 3.05) is 13.2 Å². The summed E-state index contributed by atoms with van der Waals surface area (Å²) in [7, 11) is 0. The molecule has 0 aromatic heterocycles. The van der Waals surface area contributed by atoms with Crippen LogP contribution in [0.5, 0.6) is 0 Å². The van der Waals surface area contributed by atoms with Gasteiger partial charge in [-0.1, -0.05) is 56.7 Å². The number of amides is 1. The molecule has 1 aromatic rings. The average molecular weight is 372 g/mol. The van der Waals surface area contributed by atoms with E-state index in [4.69, 9.17) is 9.47 Å². The summed E-state index contributed by atoms with van der Waals surface area (Å²) in [5.74, 6) is 0. The standard InChI is InChI=1S/C23H33NO3/c1-22(2,3)18-9-7-16(8-10-18)11-17-12-19-14-26-15-20(13-17)24(19)21(25)27-23(4,5)6/h7-10,12,19-20H,11,13-15H2,1-6H3. The number of hydrogen-bond acceptors (Lipinski definition) is 3. The molecule has 148 valence electrons. The Morgan fingerprint density at radius 3 is 2.33 bits per heavy atom. The highest BCUT2D eigenvalue weighted by molar-refractivity contribution is 5.70. The van der Waals surface area contributed by atoms with E-state index in [0.717, 1.165) is 12.8 Å². The monoisotopic (exact) mass is 371 g/mol. The highest BCUT2D eigenvalue weighted by Crippen LogP contribution is 2.31. The van der Waals surface area contributed by atoms with Crippen molar-refractivity contribution in [3.8, 4) is 0 Å². The van der Waals surface area contributed by atoms with Gasteiger partial charge >= 0.3 is 6.09 Å². The summed E-state index contributed by atoms with van der Waals surface area (Å²) in [5, 5.41) is 0. The second kappa shape index (κ2) is 7.31. The Morgan fingerprint density at radius 1 is 1.11 bits per heavy atom. The molecule has 1 fully saturated rings. The predicted octanol–water partition coefficient (Wildman–Crippen LogP) is 4.86. The predicted molar refractivity (Wildman–Crippen MR) is 108 cm³/mol. The number of nitrogens with zero attached hydrogens (tertiary/aromatic N) is 1. The van der Waals surface area contributed by atoms with Crippen LogP contribution in [0.15, 0.2) is 35.9 Å². The molecule has 3 rings (SSSR count). The van der Waals surface area contributed by atoms with Gasteiger partial charge in [0.2, 0.25) is 0 Å².